The molecule has 0 aliphatic heterocycles. The summed E-state index contributed by atoms with van der Waals surface area (Å²) in [7, 11) is 0. The maximum absolute atomic E-state index is 5.53. The monoisotopic (exact) mass is 256 g/mol. The summed E-state index contributed by atoms with van der Waals surface area (Å²) in [6.45, 7) is 2.25. The molecule has 0 fully saturated rings. The van der Waals surface area contributed by atoms with Gasteiger partial charge in [0.1, 0.15) is 0 Å². The van der Waals surface area contributed by atoms with Crippen LogP contribution in [0, 0.1) is 0 Å². The molecule has 0 aliphatic rings. The second kappa shape index (κ2) is 9.50. The first kappa shape index (κ1) is 14.5. The van der Waals surface area contributed by atoms with E-state index in [1.54, 1.807) is 6.20 Å². The van der Waals surface area contributed by atoms with Gasteiger partial charge in [-0.2, -0.15) is 8.75 Å². The second-order valence-electron chi connectivity index (χ2n) is 4.46. The van der Waals surface area contributed by atoms with E-state index in [0.717, 1.165) is 12.1 Å². The average Bonchev–Trinajstić information content (AvgIpc) is 2.86. The van der Waals surface area contributed by atoms with E-state index in [-0.39, 0.29) is 6.04 Å². The number of hydrogen-bond donors (Lipinski definition) is 2. The Morgan fingerprint density at radius 3 is 2.53 bits per heavy atom. The van der Waals surface area contributed by atoms with Crippen LogP contribution in [0.2, 0.25) is 0 Å². The Balaban J connectivity index is 2.04. The van der Waals surface area contributed by atoms with Gasteiger partial charge in [0.15, 0.2) is 0 Å². The van der Waals surface area contributed by atoms with Crippen LogP contribution in [-0.2, 0) is 0 Å². The van der Waals surface area contributed by atoms with E-state index < -0.39 is 0 Å². The largest absolute Gasteiger partial charge is 0.271 e. The first-order valence-electron chi connectivity index (χ1n) is 6.62. The lowest BCUT2D eigenvalue weighted by molar-refractivity contribution is 0.469. The molecule has 0 amide bonds. The summed E-state index contributed by atoms with van der Waals surface area (Å²) in [6, 6.07) is 0.171. The summed E-state index contributed by atoms with van der Waals surface area (Å²) in [6.07, 6.45) is 12.1. The highest BCUT2D eigenvalue weighted by Gasteiger charge is 2.11. The average molecular weight is 256 g/mol. The lowest BCUT2D eigenvalue weighted by Gasteiger charge is -2.12. The van der Waals surface area contributed by atoms with Crippen molar-refractivity contribution in [2.75, 3.05) is 0 Å². The molecule has 0 bridgehead atoms. The number of unbranched alkanes of at least 4 members (excludes halogenated alkanes) is 6. The smallest absolute Gasteiger partial charge is 0.0925 e. The Kier molecular flexibility index (Phi) is 8.13. The standard InChI is InChI=1S/C12H24N4S/c1-2-3-4-5-6-7-8-9-11(15-13)12-10-14-17-16-12/h10-11,15H,2-9,13H2,1H3. The van der Waals surface area contributed by atoms with Gasteiger partial charge in [-0.3, -0.25) is 11.3 Å². The minimum absolute atomic E-state index is 0.171. The van der Waals surface area contributed by atoms with Gasteiger partial charge >= 0.3 is 0 Å². The van der Waals surface area contributed by atoms with Crippen LogP contribution in [0.4, 0.5) is 0 Å². The van der Waals surface area contributed by atoms with Crippen LogP contribution in [0.3, 0.4) is 0 Å². The first-order valence-corrected chi connectivity index (χ1v) is 7.35. The molecule has 1 atom stereocenters. The van der Waals surface area contributed by atoms with Gasteiger partial charge in [-0.15, -0.1) is 0 Å². The molecule has 4 nitrogen and oxygen atoms in total. The predicted octanol–water partition coefficient (Wildman–Crippen LogP) is 3.18. The highest BCUT2D eigenvalue weighted by atomic mass is 32.1. The summed E-state index contributed by atoms with van der Waals surface area (Å²) in [5.74, 6) is 5.53. The van der Waals surface area contributed by atoms with Crippen molar-refractivity contribution in [2.24, 2.45) is 5.84 Å². The normalized spacial score (nSPS) is 12.8. The molecule has 1 heterocycles. The zero-order valence-electron chi connectivity index (χ0n) is 10.7. The highest BCUT2D eigenvalue weighted by Crippen LogP contribution is 2.18. The van der Waals surface area contributed by atoms with Crippen LogP contribution < -0.4 is 11.3 Å². The van der Waals surface area contributed by atoms with Gasteiger partial charge in [0.25, 0.3) is 0 Å². The molecule has 0 saturated heterocycles. The van der Waals surface area contributed by atoms with Crippen molar-refractivity contribution in [3.8, 4) is 0 Å². The van der Waals surface area contributed by atoms with Crippen LogP contribution in [0.5, 0.6) is 0 Å². The van der Waals surface area contributed by atoms with E-state index in [9.17, 15) is 0 Å². The van der Waals surface area contributed by atoms with Crippen LogP contribution in [0.25, 0.3) is 0 Å². The van der Waals surface area contributed by atoms with Crippen molar-refractivity contribution >= 4 is 11.7 Å². The summed E-state index contributed by atoms with van der Waals surface area (Å²) in [5.41, 5.74) is 3.80. The Labute approximate surface area is 108 Å². The molecule has 1 unspecified atom stereocenters. The van der Waals surface area contributed by atoms with Gasteiger partial charge in [0, 0.05) is 0 Å². The fourth-order valence-electron chi connectivity index (χ4n) is 1.95. The van der Waals surface area contributed by atoms with E-state index in [4.69, 9.17) is 5.84 Å². The Morgan fingerprint density at radius 1 is 1.24 bits per heavy atom. The predicted molar refractivity (Wildman–Crippen MR) is 72.6 cm³/mol. The third-order valence-corrected chi connectivity index (χ3v) is 3.53. The van der Waals surface area contributed by atoms with Crippen molar-refractivity contribution in [3.63, 3.8) is 0 Å². The maximum atomic E-state index is 5.53. The number of hydrazine groups is 1. The fourth-order valence-corrected chi connectivity index (χ4v) is 2.42. The van der Waals surface area contributed by atoms with Crippen molar-refractivity contribution in [2.45, 2.75) is 64.3 Å². The van der Waals surface area contributed by atoms with Gasteiger partial charge in [0.2, 0.25) is 0 Å². The molecule has 3 N–H and O–H groups in total. The number of nitrogens with two attached hydrogens (primary N) is 1. The summed E-state index contributed by atoms with van der Waals surface area (Å²) in [5, 5.41) is 0. The molecule has 0 saturated carbocycles. The molecule has 98 valence electrons. The van der Waals surface area contributed by atoms with Crippen LogP contribution >= 0.6 is 11.7 Å². The number of aromatic nitrogens is 2. The second-order valence-corrected chi connectivity index (χ2v) is 5.02. The van der Waals surface area contributed by atoms with Crippen molar-refractivity contribution in [1.82, 2.24) is 14.2 Å². The van der Waals surface area contributed by atoms with Crippen molar-refractivity contribution in [3.05, 3.63) is 11.9 Å². The van der Waals surface area contributed by atoms with E-state index >= 15 is 0 Å². The lowest BCUT2D eigenvalue weighted by Crippen LogP contribution is -2.28. The highest BCUT2D eigenvalue weighted by molar-refractivity contribution is 6.99. The van der Waals surface area contributed by atoms with Gasteiger partial charge in [0.05, 0.1) is 29.7 Å². The zero-order valence-corrected chi connectivity index (χ0v) is 11.5. The van der Waals surface area contributed by atoms with Gasteiger partial charge in [-0.25, -0.2) is 0 Å². The third kappa shape index (κ3) is 6.10. The van der Waals surface area contributed by atoms with Crippen molar-refractivity contribution < 1.29 is 0 Å². The molecule has 1 rings (SSSR count). The third-order valence-electron chi connectivity index (χ3n) is 3.03. The zero-order chi connectivity index (χ0) is 12.3. The van der Waals surface area contributed by atoms with E-state index in [2.05, 4.69) is 21.1 Å². The summed E-state index contributed by atoms with van der Waals surface area (Å²) in [4.78, 5) is 0. The van der Waals surface area contributed by atoms with E-state index in [1.807, 2.05) is 0 Å². The fraction of sp³-hybridized carbons (Fsp3) is 0.833. The van der Waals surface area contributed by atoms with E-state index in [1.165, 1.54) is 56.7 Å². The molecule has 17 heavy (non-hydrogen) atoms. The topological polar surface area (TPSA) is 63.8 Å². The Hall–Kier alpha value is -0.520. The Morgan fingerprint density at radius 2 is 1.94 bits per heavy atom. The minimum atomic E-state index is 0.171. The quantitative estimate of drug-likeness (QED) is 0.383. The number of rotatable bonds is 10. The molecule has 0 spiro atoms. The van der Waals surface area contributed by atoms with Crippen LogP contribution in [0.1, 0.15) is 70.0 Å². The summed E-state index contributed by atoms with van der Waals surface area (Å²) >= 11 is 1.24. The molecular formula is C12H24N4S. The Bertz CT molecular complexity index is 263. The van der Waals surface area contributed by atoms with Gasteiger partial charge in [-0.05, 0) is 6.42 Å². The SMILES string of the molecule is CCCCCCCCCC(NN)c1cnsn1. The number of hydrogen-bond acceptors (Lipinski definition) is 5. The molecule has 0 aliphatic carbocycles. The molecule has 5 heteroatoms. The van der Waals surface area contributed by atoms with E-state index in [0.29, 0.717) is 0 Å². The number of nitrogens with one attached hydrogen (secondary N) is 1. The van der Waals surface area contributed by atoms with Crippen LogP contribution in [0.15, 0.2) is 6.20 Å². The molecule has 0 radical (unpaired) electrons. The number of nitrogens with zero attached hydrogens (tertiary/aromatic N) is 2. The van der Waals surface area contributed by atoms with Crippen molar-refractivity contribution in [1.29, 1.82) is 0 Å². The molecule has 1 aromatic heterocycles. The molecular weight excluding hydrogens is 232 g/mol. The van der Waals surface area contributed by atoms with Gasteiger partial charge < -0.3 is 0 Å². The summed E-state index contributed by atoms with van der Waals surface area (Å²) < 4.78 is 8.22. The first-order chi connectivity index (χ1) is 8.38. The molecule has 1 aromatic rings. The van der Waals surface area contributed by atoms with Gasteiger partial charge in [-0.1, -0.05) is 51.9 Å². The molecule has 0 aromatic carbocycles. The van der Waals surface area contributed by atoms with Crippen LogP contribution in [-0.4, -0.2) is 8.75 Å². The lowest BCUT2D eigenvalue weighted by atomic mass is 10.0. The maximum Gasteiger partial charge on any atom is 0.0925 e. The minimum Gasteiger partial charge on any atom is -0.271 e.